The van der Waals surface area contributed by atoms with Crippen molar-refractivity contribution in [3.05, 3.63) is 46.0 Å². The molecule has 0 spiro atoms. The van der Waals surface area contributed by atoms with E-state index in [1.165, 1.54) is 11.3 Å². The summed E-state index contributed by atoms with van der Waals surface area (Å²) < 4.78 is 5.40. The fraction of sp³-hybridized carbons (Fsp3) is 0.312. The summed E-state index contributed by atoms with van der Waals surface area (Å²) >= 11 is 1.41. The Morgan fingerprint density at radius 2 is 2.09 bits per heavy atom. The van der Waals surface area contributed by atoms with E-state index >= 15 is 0 Å². The molecular formula is C16H16N2O3S. The van der Waals surface area contributed by atoms with E-state index in [-0.39, 0.29) is 5.91 Å². The lowest BCUT2D eigenvalue weighted by molar-refractivity contribution is -0.134. The average molecular weight is 316 g/mol. The van der Waals surface area contributed by atoms with Crippen molar-refractivity contribution >= 4 is 28.3 Å². The van der Waals surface area contributed by atoms with E-state index in [1.54, 1.807) is 19.1 Å². The number of nitrogens with one attached hydrogen (secondary N) is 1. The van der Waals surface area contributed by atoms with Crippen molar-refractivity contribution in [3.8, 4) is 0 Å². The van der Waals surface area contributed by atoms with Gasteiger partial charge in [0.05, 0.1) is 11.3 Å². The number of aromatic nitrogens is 1. The van der Waals surface area contributed by atoms with E-state index in [0.717, 1.165) is 16.1 Å². The highest BCUT2D eigenvalue weighted by Gasteiger charge is 2.42. The number of fused-ring (bicyclic) bond motifs is 1. The van der Waals surface area contributed by atoms with Gasteiger partial charge in [-0.25, -0.2) is 9.78 Å². The fourth-order valence-corrected chi connectivity index (χ4v) is 3.22. The number of esters is 1. The van der Waals surface area contributed by atoms with Gasteiger partial charge in [-0.1, -0.05) is 18.2 Å². The monoisotopic (exact) mass is 316 g/mol. The van der Waals surface area contributed by atoms with Crippen LogP contribution in [-0.2, 0) is 16.0 Å². The molecule has 0 aliphatic carbocycles. The van der Waals surface area contributed by atoms with Gasteiger partial charge in [0.15, 0.2) is 10.7 Å². The summed E-state index contributed by atoms with van der Waals surface area (Å²) in [5.74, 6) is -0.824. The highest BCUT2D eigenvalue weighted by molar-refractivity contribution is 7.15. The molecule has 5 nitrogen and oxygen atoms in total. The zero-order valence-electron chi connectivity index (χ0n) is 12.6. The summed E-state index contributed by atoms with van der Waals surface area (Å²) in [6.07, 6.45) is 0.351. The minimum absolute atomic E-state index is 0.351. The Labute approximate surface area is 132 Å². The van der Waals surface area contributed by atoms with Crippen molar-refractivity contribution < 1.29 is 14.3 Å². The van der Waals surface area contributed by atoms with E-state index in [1.807, 2.05) is 26.0 Å². The van der Waals surface area contributed by atoms with Crippen LogP contribution in [0.1, 0.15) is 33.4 Å². The van der Waals surface area contributed by atoms with Crippen LogP contribution in [0.15, 0.2) is 24.3 Å². The van der Waals surface area contributed by atoms with E-state index < -0.39 is 11.6 Å². The van der Waals surface area contributed by atoms with Crippen LogP contribution in [0.4, 0.5) is 5.13 Å². The van der Waals surface area contributed by atoms with Crippen LogP contribution in [0.25, 0.3) is 0 Å². The van der Waals surface area contributed by atoms with Crippen molar-refractivity contribution in [1.82, 2.24) is 4.98 Å². The minimum Gasteiger partial charge on any atom is -0.445 e. The van der Waals surface area contributed by atoms with Gasteiger partial charge in [-0.15, -0.1) is 11.3 Å². The van der Waals surface area contributed by atoms with Gasteiger partial charge in [0.1, 0.15) is 0 Å². The van der Waals surface area contributed by atoms with Gasteiger partial charge >= 0.3 is 5.97 Å². The predicted molar refractivity (Wildman–Crippen MR) is 84.2 cm³/mol. The number of cyclic esters (lactones) is 1. The summed E-state index contributed by atoms with van der Waals surface area (Å²) in [7, 11) is 0. The molecule has 1 aromatic carbocycles. The first-order chi connectivity index (χ1) is 10.4. The second-order valence-electron chi connectivity index (χ2n) is 5.57. The first-order valence-corrected chi connectivity index (χ1v) is 7.77. The molecule has 1 unspecified atom stereocenters. The van der Waals surface area contributed by atoms with Gasteiger partial charge in [0, 0.05) is 11.3 Å². The maximum absolute atomic E-state index is 12.5. The third-order valence-electron chi connectivity index (χ3n) is 3.81. The first-order valence-electron chi connectivity index (χ1n) is 6.96. The van der Waals surface area contributed by atoms with Crippen LogP contribution in [0, 0.1) is 13.8 Å². The van der Waals surface area contributed by atoms with Crippen molar-refractivity contribution in [2.45, 2.75) is 32.8 Å². The van der Waals surface area contributed by atoms with Gasteiger partial charge in [0.25, 0.3) is 5.91 Å². The highest BCUT2D eigenvalue weighted by atomic mass is 32.1. The Morgan fingerprint density at radius 3 is 2.77 bits per heavy atom. The van der Waals surface area contributed by atoms with Crippen molar-refractivity contribution in [2.75, 3.05) is 5.32 Å². The molecule has 1 aliphatic heterocycles. The molecule has 1 amide bonds. The summed E-state index contributed by atoms with van der Waals surface area (Å²) in [5, 5.41) is 3.28. The summed E-state index contributed by atoms with van der Waals surface area (Å²) in [6, 6.07) is 7.19. The predicted octanol–water partition coefficient (Wildman–Crippen LogP) is 2.87. The van der Waals surface area contributed by atoms with Gasteiger partial charge < -0.3 is 4.74 Å². The van der Waals surface area contributed by atoms with Crippen LogP contribution < -0.4 is 5.32 Å². The average Bonchev–Trinajstić information content (AvgIpc) is 2.77. The lowest BCUT2D eigenvalue weighted by atomic mass is 9.89. The Bertz CT molecular complexity index is 749. The molecule has 1 aromatic heterocycles. The van der Waals surface area contributed by atoms with Crippen LogP contribution >= 0.6 is 11.3 Å². The summed E-state index contributed by atoms with van der Waals surface area (Å²) in [5.41, 5.74) is 1.01. The zero-order chi connectivity index (χ0) is 15.9. The molecule has 0 fully saturated rings. The number of ether oxygens (including phenoxy) is 1. The second kappa shape index (κ2) is 5.21. The number of hydrogen-bond donors (Lipinski definition) is 1. The molecule has 1 N–H and O–H groups in total. The summed E-state index contributed by atoms with van der Waals surface area (Å²) in [4.78, 5) is 30.0. The smallest absolute Gasteiger partial charge is 0.339 e. The number of carbonyl (C=O) groups excluding carboxylic acids is 2. The van der Waals surface area contributed by atoms with Gasteiger partial charge in [0.2, 0.25) is 0 Å². The molecule has 6 heteroatoms. The number of rotatable bonds is 2. The number of amides is 1. The quantitative estimate of drug-likeness (QED) is 0.865. The van der Waals surface area contributed by atoms with Gasteiger partial charge in [-0.05, 0) is 32.4 Å². The van der Waals surface area contributed by atoms with Gasteiger partial charge in [-0.2, -0.15) is 0 Å². The van der Waals surface area contributed by atoms with Crippen molar-refractivity contribution in [2.24, 2.45) is 0 Å². The van der Waals surface area contributed by atoms with Gasteiger partial charge in [-0.3, -0.25) is 10.1 Å². The van der Waals surface area contributed by atoms with Crippen molar-refractivity contribution in [1.29, 1.82) is 0 Å². The normalized spacial score (nSPS) is 20.2. The van der Waals surface area contributed by atoms with E-state index in [4.69, 9.17) is 4.74 Å². The maximum Gasteiger partial charge on any atom is 0.339 e. The van der Waals surface area contributed by atoms with Crippen LogP contribution in [0.3, 0.4) is 0 Å². The van der Waals surface area contributed by atoms with E-state index in [9.17, 15) is 9.59 Å². The Hall–Kier alpha value is -2.21. The third-order valence-corrected chi connectivity index (χ3v) is 4.80. The molecule has 2 heterocycles. The topological polar surface area (TPSA) is 68.3 Å². The lowest BCUT2D eigenvalue weighted by Gasteiger charge is -2.32. The number of aryl methyl sites for hydroxylation is 2. The van der Waals surface area contributed by atoms with Crippen molar-refractivity contribution in [3.63, 3.8) is 0 Å². The second-order valence-corrected chi connectivity index (χ2v) is 6.77. The number of hydrogen-bond acceptors (Lipinski definition) is 5. The number of thiazole rings is 1. The molecule has 22 heavy (non-hydrogen) atoms. The molecular weight excluding hydrogens is 300 g/mol. The molecule has 2 aromatic rings. The molecule has 1 aliphatic rings. The van der Waals surface area contributed by atoms with Crippen LogP contribution in [-0.4, -0.2) is 22.5 Å². The number of benzene rings is 1. The highest BCUT2D eigenvalue weighted by Crippen LogP contribution is 2.30. The number of nitrogens with zero attached hydrogens (tertiary/aromatic N) is 1. The van der Waals surface area contributed by atoms with E-state index in [2.05, 4.69) is 10.3 Å². The maximum atomic E-state index is 12.5. The molecule has 1 atom stereocenters. The SMILES string of the molecule is Cc1nc(NC(=O)C2(C)Cc3ccccc3C(=O)O2)sc1C. The number of carbonyl (C=O) groups is 2. The standard InChI is InChI=1S/C16H16N2O3S/c1-9-10(2)22-15(17-9)18-14(20)16(3)8-11-6-4-5-7-12(11)13(19)21-16/h4-7H,8H2,1-3H3,(H,17,18,20). The molecule has 0 radical (unpaired) electrons. The molecule has 0 bridgehead atoms. The first kappa shape index (κ1) is 14.7. The molecule has 114 valence electrons. The summed E-state index contributed by atoms with van der Waals surface area (Å²) in [6.45, 7) is 5.46. The molecule has 0 saturated heterocycles. The number of anilines is 1. The Morgan fingerprint density at radius 1 is 1.36 bits per heavy atom. The van der Waals surface area contributed by atoms with E-state index in [0.29, 0.717) is 17.1 Å². The Kier molecular flexibility index (Phi) is 3.48. The largest absolute Gasteiger partial charge is 0.445 e. The zero-order valence-corrected chi connectivity index (χ0v) is 13.4. The fourth-order valence-electron chi connectivity index (χ4n) is 2.41. The lowest BCUT2D eigenvalue weighted by Crippen LogP contribution is -2.48. The molecule has 0 saturated carbocycles. The Balaban J connectivity index is 1.85. The van der Waals surface area contributed by atoms with Crippen LogP contribution in [0.5, 0.6) is 0 Å². The minimum atomic E-state index is -1.22. The third kappa shape index (κ3) is 2.50. The molecule has 3 rings (SSSR count). The van der Waals surface area contributed by atoms with Crippen LogP contribution in [0.2, 0.25) is 0 Å².